The molecule has 0 spiro atoms. The lowest BCUT2D eigenvalue weighted by Crippen LogP contribution is -2.72. The van der Waals surface area contributed by atoms with Gasteiger partial charge in [-0.1, -0.05) is 49.7 Å². The molecule has 2 amide bonds. The maximum atomic E-state index is 13.1. The van der Waals surface area contributed by atoms with Crippen LogP contribution in [0, 0.1) is 0 Å². The summed E-state index contributed by atoms with van der Waals surface area (Å²) in [5.74, 6) is -1.74. The SMILES string of the molecule is CCCCN(C(=O)ONC(=O)OC(C)(C)C)C(N)(Cc1ccc(-c2ccc(OCCCCOC)cc2)cc1)C(C)(O)O. The monoisotopic (exact) mass is 589 g/mol. The minimum atomic E-state index is -2.52. The van der Waals surface area contributed by atoms with Gasteiger partial charge in [-0.05, 0) is 75.8 Å². The lowest BCUT2D eigenvalue weighted by molar-refractivity contribution is -0.231. The first-order valence-corrected chi connectivity index (χ1v) is 14.2. The maximum Gasteiger partial charge on any atom is 0.441 e. The van der Waals surface area contributed by atoms with E-state index in [1.165, 1.54) is 0 Å². The number of hydrogen-bond acceptors (Lipinski definition) is 9. The molecule has 0 fully saturated rings. The lowest BCUT2D eigenvalue weighted by Gasteiger charge is -2.46. The number of hydrogen-bond donors (Lipinski definition) is 4. The number of unbranched alkanes of at least 4 members (excludes halogenated alkanes) is 2. The summed E-state index contributed by atoms with van der Waals surface area (Å²) in [5.41, 5.74) is 8.30. The van der Waals surface area contributed by atoms with Crippen LogP contribution in [0.3, 0.4) is 0 Å². The summed E-state index contributed by atoms with van der Waals surface area (Å²) in [6.45, 7) is 9.40. The fourth-order valence-electron chi connectivity index (χ4n) is 4.14. The van der Waals surface area contributed by atoms with Crippen LogP contribution in [-0.4, -0.2) is 71.2 Å². The fourth-order valence-corrected chi connectivity index (χ4v) is 4.14. The molecule has 2 aromatic carbocycles. The van der Waals surface area contributed by atoms with Crippen molar-refractivity contribution in [2.45, 2.75) is 83.8 Å². The highest BCUT2D eigenvalue weighted by Crippen LogP contribution is 2.29. The molecule has 5 N–H and O–H groups in total. The first-order chi connectivity index (χ1) is 19.7. The van der Waals surface area contributed by atoms with Crippen molar-refractivity contribution in [2.24, 2.45) is 5.73 Å². The molecule has 0 bridgehead atoms. The van der Waals surface area contributed by atoms with Gasteiger partial charge in [0.15, 0.2) is 11.4 Å². The zero-order valence-electron chi connectivity index (χ0n) is 25.6. The van der Waals surface area contributed by atoms with Crippen molar-refractivity contribution < 1.29 is 38.9 Å². The predicted octanol–water partition coefficient (Wildman–Crippen LogP) is 4.74. The van der Waals surface area contributed by atoms with Crippen LogP contribution in [0.15, 0.2) is 48.5 Å². The van der Waals surface area contributed by atoms with E-state index in [2.05, 4.69) is 0 Å². The standard InChI is InChI=1S/C31H47N3O8/c1-7-8-19-34(28(36)42-33-27(35)41-29(2,3)4)31(32,30(5,37)38)22-23-11-13-24(14-12-23)25-15-17-26(18-16-25)40-21-10-9-20-39-6/h11-18,37-38H,7-10,19-22,32H2,1-6H3,(H,33,35). The molecule has 2 rings (SSSR count). The second-order valence-corrected chi connectivity index (χ2v) is 11.4. The van der Waals surface area contributed by atoms with Gasteiger partial charge < -0.3 is 35.0 Å². The first-order valence-electron chi connectivity index (χ1n) is 14.2. The zero-order valence-corrected chi connectivity index (χ0v) is 25.6. The summed E-state index contributed by atoms with van der Waals surface area (Å²) in [7, 11) is 1.68. The summed E-state index contributed by atoms with van der Waals surface area (Å²) < 4.78 is 15.9. The Morgan fingerprint density at radius 2 is 1.48 bits per heavy atom. The van der Waals surface area contributed by atoms with Crippen LogP contribution in [0.4, 0.5) is 9.59 Å². The highest BCUT2D eigenvalue weighted by Gasteiger charge is 2.50. The van der Waals surface area contributed by atoms with E-state index in [9.17, 15) is 19.8 Å². The van der Waals surface area contributed by atoms with Crippen LogP contribution in [-0.2, 0) is 20.7 Å². The lowest BCUT2D eigenvalue weighted by atomic mass is 9.90. The molecule has 0 radical (unpaired) electrons. The number of hydroxylamine groups is 1. The van der Waals surface area contributed by atoms with E-state index < -0.39 is 29.2 Å². The molecule has 0 aliphatic carbocycles. The number of amides is 2. The number of aliphatic hydroxyl groups is 2. The average Bonchev–Trinajstić information content (AvgIpc) is 2.91. The second-order valence-electron chi connectivity index (χ2n) is 11.4. The molecule has 0 saturated carbocycles. The Kier molecular flexibility index (Phi) is 13.0. The Morgan fingerprint density at radius 3 is 2.00 bits per heavy atom. The number of nitrogens with two attached hydrogens (primary N) is 1. The van der Waals surface area contributed by atoms with E-state index in [0.717, 1.165) is 41.5 Å². The van der Waals surface area contributed by atoms with E-state index in [-0.39, 0.29) is 13.0 Å². The normalized spacial score (nSPS) is 13.2. The second kappa shape index (κ2) is 15.7. The number of carbonyl (C=O) groups is 2. The summed E-state index contributed by atoms with van der Waals surface area (Å²) in [5, 5.41) is 21.5. The average molecular weight is 590 g/mol. The van der Waals surface area contributed by atoms with Crippen LogP contribution in [0.25, 0.3) is 11.1 Å². The predicted molar refractivity (Wildman–Crippen MR) is 159 cm³/mol. The molecule has 1 unspecified atom stereocenters. The molecular formula is C31H47N3O8. The highest BCUT2D eigenvalue weighted by molar-refractivity contribution is 5.73. The van der Waals surface area contributed by atoms with Crippen molar-refractivity contribution in [1.82, 2.24) is 10.4 Å². The molecule has 0 heterocycles. The van der Waals surface area contributed by atoms with Crippen molar-refractivity contribution in [3.63, 3.8) is 0 Å². The fraction of sp³-hybridized carbons (Fsp3) is 0.548. The van der Waals surface area contributed by atoms with Gasteiger partial charge in [0, 0.05) is 26.7 Å². The van der Waals surface area contributed by atoms with Gasteiger partial charge in [-0.2, -0.15) is 0 Å². The summed E-state index contributed by atoms with van der Waals surface area (Å²) >= 11 is 0. The number of methoxy groups -OCH3 is 1. The van der Waals surface area contributed by atoms with Gasteiger partial charge in [0.1, 0.15) is 11.4 Å². The molecule has 11 nitrogen and oxygen atoms in total. The molecule has 1 atom stereocenters. The van der Waals surface area contributed by atoms with Gasteiger partial charge in [-0.3, -0.25) is 4.90 Å². The molecule has 0 aliphatic heterocycles. The summed E-state index contributed by atoms with van der Waals surface area (Å²) in [4.78, 5) is 31.1. The summed E-state index contributed by atoms with van der Waals surface area (Å²) in [6, 6.07) is 15.2. The Bertz CT molecular complexity index is 1110. The Morgan fingerprint density at radius 1 is 0.905 bits per heavy atom. The molecule has 0 aliphatic rings. The van der Waals surface area contributed by atoms with E-state index in [4.69, 9.17) is 24.8 Å². The summed E-state index contributed by atoms with van der Waals surface area (Å²) in [6.07, 6.45) is 0.913. The zero-order chi connectivity index (χ0) is 31.4. The largest absolute Gasteiger partial charge is 0.494 e. The van der Waals surface area contributed by atoms with Crippen LogP contribution in [0.1, 0.15) is 65.9 Å². The van der Waals surface area contributed by atoms with Gasteiger partial charge >= 0.3 is 12.2 Å². The number of rotatable bonds is 14. The minimum absolute atomic E-state index is 0.0530. The molecule has 11 heteroatoms. The Hall–Kier alpha value is -3.38. The van der Waals surface area contributed by atoms with Crippen LogP contribution < -0.4 is 16.0 Å². The van der Waals surface area contributed by atoms with Gasteiger partial charge in [0.2, 0.25) is 0 Å². The molecule has 42 heavy (non-hydrogen) atoms. The van der Waals surface area contributed by atoms with Gasteiger partial charge in [0.05, 0.1) is 6.61 Å². The van der Waals surface area contributed by atoms with Crippen LogP contribution >= 0.6 is 0 Å². The molecule has 2 aromatic rings. The highest BCUT2D eigenvalue weighted by atomic mass is 16.7. The van der Waals surface area contributed by atoms with Crippen molar-refractivity contribution in [2.75, 3.05) is 26.9 Å². The van der Waals surface area contributed by atoms with E-state index in [0.29, 0.717) is 31.6 Å². The third-order valence-electron chi connectivity index (χ3n) is 6.50. The number of nitrogens with one attached hydrogen (secondary N) is 1. The van der Waals surface area contributed by atoms with E-state index in [1.807, 2.05) is 60.9 Å². The molecule has 234 valence electrons. The van der Waals surface area contributed by atoms with Gasteiger partial charge in [-0.25, -0.2) is 9.59 Å². The maximum absolute atomic E-state index is 13.1. The van der Waals surface area contributed by atoms with Crippen molar-refractivity contribution in [3.05, 3.63) is 54.1 Å². The van der Waals surface area contributed by atoms with Gasteiger partial charge in [-0.15, -0.1) is 5.48 Å². The number of ether oxygens (including phenoxy) is 3. The third kappa shape index (κ3) is 10.8. The number of benzene rings is 2. The topological polar surface area (TPSA) is 153 Å². The van der Waals surface area contributed by atoms with Crippen LogP contribution in [0.2, 0.25) is 0 Å². The van der Waals surface area contributed by atoms with E-state index >= 15 is 0 Å². The minimum Gasteiger partial charge on any atom is -0.494 e. The molecule has 0 aromatic heterocycles. The smallest absolute Gasteiger partial charge is 0.441 e. The van der Waals surface area contributed by atoms with Crippen LogP contribution in [0.5, 0.6) is 5.75 Å². The number of nitrogens with zero attached hydrogens (tertiary/aromatic N) is 1. The van der Waals surface area contributed by atoms with Crippen molar-refractivity contribution in [1.29, 1.82) is 0 Å². The third-order valence-corrected chi connectivity index (χ3v) is 6.50. The first kappa shape index (κ1) is 34.8. The Balaban J connectivity index is 2.18. The number of carbonyl (C=O) groups excluding carboxylic acids is 2. The van der Waals surface area contributed by atoms with Crippen molar-refractivity contribution >= 4 is 12.2 Å². The van der Waals surface area contributed by atoms with Crippen molar-refractivity contribution in [3.8, 4) is 16.9 Å². The van der Waals surface area contributed by atoms with E-state index in [1.54, 1.807) is 27.9 Å². The molecular weight excluding hydrogens is 542 g/mol. The quantitative estimate of drug-likeness (QED) is 0.139. The molecule has 0 saturated heterocycles. The van der Waals surface area contributed by atoms with Gasteiger partial charge in [0.25, 0.3) is 0 Å². The Labute approximate surface area is 248 Å².